The molecule has 0 spiro atoms. The van der Waals surface area contributed by atoms with Gasteiger partial charge in [-0.05, 0) is 5.56 Å². The van der Waals surface area contributed by atoms with Gasteiger partial charge in [0.15, 0.2) is 5.78 Å². The van der Waals surface area contributed by atoms with Crippen molar-refractivity contribution in [2.24, 2.45) is 5.41 Å². The Kier molecular flexibility index (Phi) is 2.44. The number of ketones is 1. The number of Topliss-reactive ketones (excluding diaryl/α,β-unsaturated/α-hetero) is 1. The van der Waals surface area contributed by atoms with E-state index >= 15 is 0 Å². The van der Waals surface area contributed by atoms with E-state index in [1.54, 1.807) is 18.2 Å². The lowest BCUT2D eigenvalue weighted by atomic mass is 9.83. The summed E-state index contributed by atoms with van der Waals surface area (Å²) >= 11 is 0. The zero-order valence-corrected chi connectivity index (χ0v) is 8.64. The molecule has 1 amide bonds. The number of amides is 1. The number of hydrogen-bond donors (Lipinski definition) is 3. The SMILES string of the molecule is O=C(O)C1(C(=O)NO)Cc2ccccc2C1=O. The molecule has 2 rings (SSSR count). The fourth-order valence-corrected chi connectivity index (χ4v) is 2.04. The van der Waals surface area contributed by atoms with Crippen molar-refractivity contribution in [3.63, 3.8) is 0 Å². The molecule has 3 N–H and O–H groups in total. The van der Waals surface area contributed by atoms with Crippen molar-refractivity contribution in [2.75, 3.05) is 0 Å². The zero-order valence-electron chi connectivity index (χ0n) is 8.64. The number of benzene rings is 1. The van der Waals surface area contributed by atoms with Crippen LogP contribution < -0.4 is 5.48 Å². The van der Waals surface area contributed by atoms with Crippen molar-refractivity contribution in [1.82, 2.24) is 5.48 Å². The van der Waals surface area contributed by atoms with E-state index < -0.39 is 23.1 Å². The van der Waals surface area contributed by atoms with Gasteiger partial charge in [0, 0.05) is 12.0 Å². The van der Waals surface area contributed by atoms with E-state index in [4.69, 9.17) is 10.3 Å². The first-order chi connectivity index (χ1) is 8.04. The maximum atomic E-state index is 12.0. The molecule has 1 aliphatic rings. The van der Waals surface area contributed by atoms with Crippen LogP contribution in [0.15, 0.2) is 24.3 Å². The molecule has 6 nitrogen and oxygen atoms in total. The standard InChI is InChI=1S/C11H9NO5/c13-8-7-4-2-1-3-6(7)5-11(8,10(15)16)9(14)12-17/h1-4,17H,5H2,(H,12,14)(H,15,16). The van der Waals surface area contributed by atoms with Crippen LogP contribution in [0.4, 0.5) is 0 Å². The Balaban J connectivity index is 2.59. The maximum Gasteiger partial charge on any atom is 0.327 e. The van der Waals surface area contributed by atoms with Crippen molar-refractivity contribution in [1.29, 1.82) is 0 Å². The largest absolute Gasteiger partial charge is 0.480 e. The van der Waals surface area contributed by atoms with Gasteiger partial charge in [0.25, 0.3) is 5.91 Å². The predicted molar refractivity (Wildman–Crippen MR) is 54.5 cm³/mol. The van der Waals surface area contributed by atoms with Gasteiger partial charge in [0.1, 0.15) is 0 Å². The quantitative estimate of drug-likeness (QED) is 0.380. The highest BCUT2D eigenvalue weighted by molar-refractivity contribution is 6.28. The number of hydroxylamine groups is 1. The Hall–Kier alpha value is -2.21. The van der Waals surface area contributed by atoms with Gasteiger partial charge in [-0.25, -0.2) is 5.48 Å². The minimum absolute atomic E-state index is 0.207. The first-order valence-corrected chi connectivity index (χ1v) is 4.84. The molecule has 0 saturated carbocycles. The van der Waals surface area contributed by atoms with Gasteiger partial charge in [0.05, 0.1) is 0 Å². The summed E-state index contributed by atoms with van der Waals surface area (Å²) in [5.41, 5.74) is -0.302. The van der Waals surface area contributed by atoms with E-state index in [0.717, 1.165) is 0 Å². The fraction of sp³-hybridized carbons (Fsp3) is 0.182. The summed E-state index contributed by atoms with van der Waals surface area (Å²) in [4.78, 5) is 34.7. The molecular weight excluding hydrogens is 226 g/mol. The minimum atomic E-state index is -2.25. The summed E-state index contributed by atoms with van der Waals surface area (Å²) in [6.07, 6.45) is -0.246. The Morgan fingerprint density at radius 2 is 1.94 bits per heavy atom. The Morgan fingerprint density at radius 1 is 1.29 bits per heavy atom. The van der Waals surface area contributed by atoms with Crippen molar-refractivity contribution >= 4 is 17.7 Å². The van der Waals surface area contributed by atoms with Crippen LogP contribution in [0.1, 0.15) is 15.9 Å². The van der Waals surface area contributed by atoms with Gasteiger partial charge in [-0.1, -0.05) is 24.3 Å². The minimum Gasteiger partial charge on any atom is -0.480 e. The molecule has 1 aromatic carbocycles. The Labute approximate surface area is 95.8 Å². The molecule has 0 saturated heterocycles. The highest BCUT2D eigenvalue weighted by Gasteiger charge is 2.57. The fourth-order valence-electron chi connectivity index (χ4n) is 2.04. The molecule has 1 atom stereocenters. The van der Waals surface area contributed by atoms with Crippen LogP contribution in [0.5, 0.6) is 0 Å². The van der Waals surface area contributed by atoms with E-state index in [2.05, 4.69) is 0 Å². The molecule has 0 aromatic heterocycles. The Bertz CT molecular complexity index is 524. The topological polar surface area (TPSA) is 104 Å². The molecule has 0 bridgehead atoms. The van der Waals surface area contributed by atoms with Gasteiger partial charge < -0.3 is 5.11 Å². The first kappa shape index (κ1) is 11.3. The van der Waals surface area contributed by atoms with E-state index in [1.807, 2.05) is 0 Å². The van der Waals surface area contributed by atoms with E-state index in [9.17, 15) is 14.4 Å². The smallest absolute Gasteiger partial charge is 0.327 e. The highest BCUT2D eigenvalue weighted by atomic mass is 16.5. The zero-order chi connectivity index (χ0) is 12.6. The number of fused-ring (bicyclic) bond motifs is 1. The molecule has 1 unspecified atom stereocenters. The highest BCUT2D eigenvalue weighted by Crippen LogP contribution is 2.37. The van der Waals surface area contributed by atoms with Crippen molar-refractivity contribution in [2.45, 2.75) is 6.42 Å². The number of nitrogens with one attached hydrogen (secondary N) is 1. The number of aliphatic carboxylic acids is 1. The summed E-state index contributed by atoms with van der Waals surface area (Å²) in [7, 11) is 0. The van der Waals surface area contributed by atoms with Gasteiger partial charge in [-0.2, -0.15) is 0 Å². The number of carbonyl (C=O) groups excluding carboxylic acids is 2. The maximum absolute atomic E-state index is 12.0. The average molecular weight is 235 g/mol. The third-order valence-electron chi connectivity index (χ3n) is 2.96. The lowest BCUT2D eigenvalue weighted by molar-refractivity contribution is -0.155. The number of carboxylic acids is 1. The van der Waals surface area contributed by atoms with Crippen LogP contribution in [0.3, 0.4) is 0 Å². The molecule has 0 heterocycles. The van der Waals surface area contributed by atoms with Gasteiger partial charge in [-0.15, -0.1) is 0 Å². The monoisotopic (exact) mass is 235 g/mol. The van der Waals surface area contributed by atoms with Crippen LogP contribution in [0.25, 0.3) is 0 Å². The molecule has 0 fully saturated rings. The average Bonchev–Trinajstić information content (AvgIpc) is 2.63. The first-order valence-electron chi connectivity index (χ1n) is 4.84. The van der Waals surface area contributed by atoms with E-state index in [0.29, 0.717) is 5.56 Å². The van der Waals surface area contributed by atoms with Crippen molar-refractivity contribution in [3.8, 4) is 0 Å². The summed E-state index contributed by atoms with van der Waals surface area (Å²) < 4.78 is 0. The van der Waals surface area contributed by atoms with E-state index in [1.165, 1.54) is 11.5 Å². The molecule has 1 aromatic rings. The molecule has 88 valence electrons. The molecule has 1 aliphatic carbocycles. The third kappa shape index (κ3) is 1.34. The number of carbonyl (C=O) groups is 3. The second kappa shape index (κ2) is 3.67. The van der Waals surface area contributed by atoms with Crippen LogP contribution in [-0.4, -0.2) is 28.0 Å². The second-order valence-corrected chi connectivity index (χ2v) is 3.81. The molecule has 0 aliphatic heterocycles. The summed E-state index contributed by atoms with van der Waals surface area (Å²) in [5, 5.41) is 17.7. The van der Waals surface area contributed by atoms with E-state index in [-0.39, 0.29) is 12.0 Å². The van der Waals surface area contributed by atoms with Gasteiger partial charge >= 0.3 is 5.97 Å². The second-order valence-electron chi connectivity index (χ2n) is 3.81. The molecular formula is C11H9NO5. The Morgan fingerprint density at radius 3 is 2.47 bits per heavy atom. The summed E-state index contributed by atoms with van der Waals surface area (Å²) in [5.74, 6) is -3.58. The normalized spacial score (nSPS) is 22.1. The molecule has 17 heavy (non-hydrogen) atoms. The van der Waals surface area contributed by atoms with Crippen LogP contribution >= 0.6 is 0 Å². The number of carboxylic acid groups (broad SMARTS) is 1. The molecule has 6 heteroatoms. The van der Waals surface area contributed by atoms with Crippen molar-refractivity contribution < 1.29 is 24.7 Å². The number of rotatable bonds is 2. The lowest BCUT2D eigenvalue weighted by Crippen LogP contribution is -2.50. The predicted octanol–water partition coefficient (Wildman–Crippen LogP) is 0.00180. The van der Waals surface area contributed by atoms with Crippen LogP contribution in [-0.2, 0) is 16.0 Å². The molecule has 0 radical (unpaired) electrons. The van der Waals surface area contributed by atoms with Gasteiger partial charge in [-0.3, -0.25) is 19.6 Å². The third-order valence-corrected chi connectivity index (χ3v) is 2.96. The van der Waals surface area contributed by atoms with Crippen LogP contribution in [0.2, 0.25) is 0 Å². The van der Waals surface area contributed by atoms with Gasteiger partial charge in [0.2, 0.25) is 5.41 Å². The lowest BCUT2D eigenvalue weighted by Gasteiger charge is -2.18. The number of hydrogen-bond acceptors (Lipinski definition) is 4. The van der Waals surface area contributed by atoms with Crippen LogP contribution in [0, 0.1) is 5.41 Å². The summed E-state index contributed by atoms with van der Waals surface area (Å²) in [6, 6.07) is 6.29. The summed E-state index contributed by atoms with van der Waals surface area (Å²) in [6.45, 7) is 0. The van der Waals surface area contributed by atoms with Crippen molar-refractivity contribution in [3.05, 3.63) is 35.4 Å².